The van der Waals surface area contributed by atoms with Crippen LogP contribution in [0.3, 0.4) is 0 Å². The van der Waals surface area contributed by atoms with Crippen LogP contribution in [0.5, 0.6) is 0 Å². The zero-order valence-electron chi connectivity index (χ0n) is 11.4. The Morgan fingerprint density at radius 3 is 2.90 bits per heavy atom. The summed E-state index contributed by atoms with van der Waals surface area (Å²) in [5.74, 6) is 4.96. The van der Waals surface area contributed by atoms with Gasteiger partial charge in [0.05, 0.1) is 11.4 Å². The third-order valence-electron chi connectivity index (χ3n) is 2.68. The van der Waals surface area contributed by atoms with Crippen LogP contribution in [0.2, 0.25) is 0 Å². The zero-order valence-corrected chi connectivity index (χ0v) is 12.2. The van der Waals surface area contributed by atoms with Gasteiger partial charge >= 0.3 is 0 Å². The predicted molar refractivity (Wildman–Crippen MR) is 81.3 cm³/mol. The molecule has 1 amide bonds. The summed E-state index contributed by atoms with van der Waals surface area (Å²) in [6.07, 6.45) is 0. The van der Waals surface area contributed by atoms with E-state index in [-0.39, 0.29) is 12.2 Å². The number of amides is 1. The van der Waals surface area contributed by atoms with Crippen molar-refractivity contribution in [3.63, 3.8) is 0 Å². The van der Waals surface area contributed by atoms with E-state index in [1.54, 1.807) is 13.0 Å². The minimum Gasteiger partial charge on any atom is -0.384 e. The van der Waals surface area contributed by atoms with Crippen molar-refractivity contribution in [2.24, 2.45) is 0 Å². The van der Waals surface area contributed by atoms with Crippen molar-refractivity contribution >= 4 is 17.2 Å². The number of carbonyl (C=O) groups excluding carboxylic acids is 1. The van der Waals surface area contributed by atoms with Crippen molar-refractivity contribution in [1.29, 1.82) is 0 Å². The molecule has 0 saturated carbocycles. The minimum absolute atomic E-state index is 0.0949. The molecule has 2 aromatic heterocycles. The third-order valence-corrected chi connectivity index (χ3v) is 3.68. The van der Waals surface area contributed by atoms with E-state index < -0.39 is 11.5 Å². The molecule has 21 heavy (non-hydrogen) atoms. The Morgan fingerprint density at radius 2 is 2.19 bits per heavy atom. The summed E-state index contributed by atoms with van der Waals surface area (Å²) in [4.78, 5) is 27.9. The molecule has 0 aliphatic carbocycles. The van der Waals surface area contributed by atoms with Crippen LogP contribution in [-0.2, 0) is 6.54 Å². The summed E-state index contributed by atoms with van der Waals surface area (Å²) in [5, 5.41) is 11.3. The highest BCUT2D eigenvalue weighted by Gasteiger charge is 2.10. The Kier molecular flexibility index (Phi) is 4.93. The number of pyridine rings is 1. The fourth-order valence-electron chi connectivity index (χ4n) is 1.68. The van der Waals surface area contributed by atoms with Crippen molar-refractivity contribution in [3.8, 4) is 11.8 Å². The summed E-state index contributed by atoms with van der Waals surface area (Å²) in [6.45, 7) is 1.90. The molecule has 2 rings (SSSR count). The maximum absolute atomic E-state index is 11.9. The van der Waals surface area contributed by atoms with Gasteiger partial charge in [0.2, 0.25) is 0 Å². The quantitative estimate of drug-likeness (QED) is 0.740. The lowest BCUT2D eigenvalue weighted by atomic mass is 10.2. The molecule has 0 radical (unpaired) electrons. The molecule has 2 aromatic rings. The van der Waals surface area contributed by atoms with E-state index in [0.717, 1.165) is 9.75 Å². The number of H-pyrrole nitrogens is 1. The first kappa shape index (κ1) is 15.0. The van der Waals surface area contributed by atoms with Crippen LogP contribution in [0.15, 0.2) is 29.1 Å². The van der Waals surface area contributed by atoms with E-state index in [1.165, 1.54) is 17.4 Å². The summed E-state index contributed by atoms with van der Waals surface area (Å²) < 4.78 is 0. The standard InChI is InChI=1S/C15H14N2O3S/c1-10-4-7-13(15(20)17-10)14(19)16-9-12-6-5-11(21-12)3-2-8-18/h4-7,18H,8-9H2,1H3,(H,16,19)(H,17,20). The zero-order chi connectivity index (χ0) is 15.2. The van der Waals surface area contributed by atoms with Crippen LogP contribution in [-0.4, -0.2) is 22.6 Å². The van der Waals surface area contributed by atoms with Crippen molar-refractivity contribution in [2.75, 3.05) is 6.61 Å². The van der Waals surface area contributed by atoms with Crippen molar-refractivity contribution < 1.29 is 9.90 Å². The molecule has 108 valence electrons. The highest BCUT2D eigenvalue weighted by Crippen LogP contribution is 2.15. The fourth-order valence-corrected chi connectivity index (χ4v) is 2.50. The van der Waals surface area contributed by atoms with Gasteiger partial charge in [-0.3, -0.25) is 9.59 Å². The Labute approximate surface area is 125 Å². The first-order chi connectivity index (χ1) is 10.1. The van der Waals surface area contributed by atoms with E-state index in [1.807, 2.05) is 12.1 Å². The van der Waals surface area contributed by atoms with Gasteiger partial charge in [-0.2, -0.15) is 0 Å². The van der Waals surface area contributed by atoms with Crippen molar-refractivity contribution in [2.45, 2.75) is 13.5 Å². The normalized spacial score (nSPS) is 9.81. The molecular formula is C15H14N2O3S. The lowest BCUT2D eigenvalue weighted by Gasteiger charge is -2.03. The van der Waals surface area contributed by atoms with Gasteiger partial charge in [0.1, 0.15) is 12.2 Å². The number of aliphatic hydroxyl groups is 1. The molecule has 0 aliphatic rings. The molecule has 0 unspecified atom stereocenters. The number of hydrogen-bond donors (Lipinski definition) is 3. The molecule has 3 N–H and O–H groups in total. The molecule has 0 fully saturated rings. The Hall–Kier alpha value is -2.36. The lowest BCUT2D eigenvalue weighted by molar-refractivity contribution is 0.0950. The third kappa shape index (κ3) is 4.05. The molecular weight excluding hydrogens is 288 g/mol. The van der Waals surface area contributed by atoms with Crippen LogP contribution in [0, 0.1) is 18.8 Å². The Balaban J connectivity index is 2.01. The summed E-state index contributed by atoms with van der Waals surface area (Å²) in [5.41, 5.74) is 0.410. The minimum atomic E-state index is -0.410. The number of aliphatic hydroxyl groups excluding tert-OH is 1. The van der Waals surface area contributed by atoms with Gasteiger partial charge in [0, 0.05) is 10.6 Å². The van der Waals surface area contributed by atoms with Crippen molar-refractivity contribution in [3.05, 3.63) is 55.6 Å². The molecule has 2 heterocycles. The summed E-state index contributed by atoms with van der Waals surface area (Å²) in [6, 6.07) is 6.87. The Bertz CT molecular complexity index is 765. The molecule has 0 aliphatic heterocycles. The predicted octanol–water partition coefficient (Wildman–Crippen LogP) is 1.02. The van der Waals surface area contributed by atoms with E-state index in [4.69, 9.17) is 5.11 Å². The maximum Gasteiger partial charge on any atom is 0.260 e. The molecule has 0 spiro atoms. The van der Waals surface area contributed by atoms with Gasteiger partial charge in [-0.15, -0.1) is 11.3 Å². The molecule has 6 heteroatoms. The Morgan fingerprint density at radius 1 is 1.38 bits per heavy atom. The number of nitrogens with one attached hydrogen (secondary N) is 2. The van der Waals surface area contributed by atoms with Gasteiger partial charge in [-0.05, 0) is 31.2 Å². The lowest BCUT2D eigenvalue weighted by Crippen LogP contribution is -2.29. The number of hydrogen-bond acceptors (Lipinski definition) is 4. The SMILES string of the molecule is Cc1ccc(C(=O)NCc2ccc(C#CCO)s2)c(=O)[nH]1. The topological polar surface area (TPSA) is 82.2 Å². The van der Waals surface area contributed by atoms with Crippen LogP contribution < -0.4 is 10.9 Å². The van der Waals surface area contributed by atoms with E-state index in [2.05, 4.69) is 22.1 Å². The number of aromatic amines is 1. The van der Waals surface area contributed by atoms with E-state index >= 15 is 0 Å². The average molecular weight is 302 g/mol. The number of aryl methyl sites for hydroxylation is 1. The van der Waals surface area contributed by atoms with Gasteiger partial charge in [-0.1, -0.05) is 11.8 Å². The van der Waals surface area contributed by atoms with Crippen LogP contribution in [0.4, 0.5) is 0 Å². The van der Waals surface area contributed by atoms with E-state index in [0.29, 0.717) is 12.2 Å². The molecule has 0 aromatic carbocycles. The van der Waals surface area contributed by atoms with Gasteiger partial charge in [-0.25, -0.2) is 0 Å². The van der Waals surface area contributed by atoms with Gasteiger partial charge < -0.3 is 15.4 Å². The van der Waals surface area contributed by atoms with Gasteiger partial charge in [0.25, 0.3) is 11.5 Å². The number of aromatic nitrogens is 1. The summed E-state index contributed by atoms with van der Waals surface area (Å²) in [7, 11) is 0. The van der Waals surface area contributed by atoms with Crippen LogP contribution in [0.25, 0.3) is 0 Å². The number of carbonyl (C=O) groups is 1. The molecule has 0 bridgehead atoms. The number of rotatable bonds is 3. The highest BCUT2D eigenvalue weighted by atomic mass is 32.1. The van der Waals surface area contributed by atoms with E-state index in [9.17, 15) is 9.59 Å². The van der Waals surface area contributed by atoms with Crippen molar-refractivity contribution in [1.82, 2.24) is 10.3 Å². The smallest absolute Gasteiger partial charge is 0.260 e. The molecule has 0 saturated heterocycles. The second-order valence-corrected chi connectivity index (χ2v) is 5.46. The first-order valence-electron chi connectivity index (χ1n) is 6.26. The summed E-state index contributed by atoms with van der Waals surface area (Å²) >= 11 is 1.43. The number of thiophene rings is 1. The van der Waals surface area contributed by atoms with Gasteiger partial charge in [0.15, 0.2) is 0 Å². The second kappa shape index (κ2) is 6.88. The maximum atomic E-state index is 11.9. The first-order valence-corrected chi connectivity index (χ1v) is 7.08. The average Bonchev–Trinajstić information content (AvgIpc) is 2.90. The van der Waals surface area contributed by atoms with Crippen LogP contribution in [0.1, 0.15) is 25.8 Å². The highest BCUT2D eigenvalue weighted by molar-refractivity contribution is 7.12. The molecule has 0 atom stereocenters. The fraction of sp³-hybridized carbons (Fsp3) is 0.200. The molecule has 5 nitrogen and oxygen atoms in total. The van der Waals surface area contributed by atoms with Crippen LogP contribution >= 0.6 is 11.3 Å². The monoisotopic (exact) mass is 302 g/mol. The second-order valence-electron chi connectivity index (χ2n) is 4.29. The largest absolute Gasteiger partial charge is 0.384 e.